The molecule has 1 aromatic carbocycles. The van der Waals surface area contributed by atoms with Gasteiger partial charge in [-0.1, -0.05) is 0 Å². The van der Waals surface area contributed by atoms with E-state index >= 15 is 0 Å². The van der Waals surface area contributed by atoms with Gasteiger partial charge in [0.2, 0.25) is 11.7 Å². The van der Waals surface area contributed by atoms with Crippen LogP contribution in [0.15, 0.2) is 30.3 Å². The van der Waals surface area contributed by atoms with E-state index in [0.29, 0.717) is 17.2 Å². The third-order valence-electron chi connectivity index (χ3n) is 5.16. The molecular formula is C22H29N2O4S+. The zero-order valence-electron chi connectivity index (χ0n) is 17.5. The van der Waals surface area contributed by atoms with Crippen molar-refractivity contribution in [3.8, 4) is 17.2 Å². The van der Waals surface area contributed by atoms with Crippen LogP contribution in [0, 0.1) is 6.92 Å². The molecule has 1 aliphatic heterocycles. The van der Waals surface area contributed by atoms with Crippen molar-refractivity contribution in [3.05, 3.63) is 45.7 Å². The molecule has 1 aliphatic rings. The molecule has 0 saturated carbocycles. The highest BCUT2D eigenvalue weighted by Crippen LogP contribution is 2.39. The first-order chi connectivity index (χ1) is 14.0. The van der Waals surface area contributed by atoms with Crippen LogP contribution in [0.3, 0.4) is 0 Å². The molecule has 0 radical (unpaired) electrons. The minimum atomic E-state index is 0.0822. The average Bonchev–Trinajstić information content (AvgIpc) is 3.17. The first-order valence-corrected chi connectivity index (χ1v) is 10.5. The van der Waals surface area contributed by atoms with Crippen molar-refractivity contribution in [2.24, 2.45) is 0 Å². The summed E-state index contributed by atoms with van der Waals surface area (Å²) in [4.78, 5) is 18.2. The molecule has 0 spiro atoms. The number of nitrogens with zero attached hydrogens (tertiary/aromatic N) is 1. The minimum Gasteiger partial charge on any atom is -0.493 e. The quantitative estimate of drug-likeness (QED) is 0.701. The number of quaternary nitrogens is 1. The second kappa shape index (κ2) is 9.80. The number of hydrogen-bond donors (Lipinski definition) is 1. The largest absolute Gasteiger partial charge is 0.493 e. The summed E-state index contributed by atoms with van der Waals surface area (Å²) in [5.41, 5.74) is 1.08. The van der Waals surface area contributed by atoms with Crippen LogP contribution in [-0.4, -0.2) is 58.3 Å². The first-order valence-electron chi connectivity index (χ1n) is 9.70. The van der Waals surface area contributed by atoms with Crippen LogP contribution in [-0.2, 0) is 11.3 Å². The van der Waals surface area contributed by atoms with E-state index in [9.17, 15) is 4.79 Å². The van der Waals surface area contributed by atoms with E-state index in [-0.39, 0.29) is 5.91 Å². The fourth-order valence-corrected chi connectivity index (χ4v) is 4.37. The predicted molar refractivity (Wildman–Crippen MR) is 115 cm³/mol. The van der Waals surface area contributed by atoms with Gasteiger partial charge in [-0.2, -0.15) is 0 Å². The first kappa shape index (κ1) is 21.2. The minimum absolute atomic E-state index is 0.0822. The molecule has 0 bridgehead atoms. The van der Waals surface area contributed by atoms with E-state index in [4.69, 9.17) is 14.2 Å². The molecule has 1 saturated heterocycles. The summed E-state index contributed by atoms with van der Waals surface area (Å²) < 4.78 is 16.4. The fourth-order valence-electron chi connectivity index (χ4n) is 3.59. The summed E-state index contributed by atoms with van der Waals surface area (Å²) >= 11 is 1.69. The Morgan fingerprint density at radius 3 is 2.38 bits per heavy atom. The number of amides is 1. The number of carbonyl (C=O) groups is 1. The van der Waals surface area contributed by atoms with E-state index in [0.717, 1.165) is 43.2 Å². The van der Waals surface area contributed by atoms with Gasteiger partial charge < -0.3 is 24.0 Å². The molecule has 3 rings (SSSR count). The topological polar surface area (TPSA) is 52.4 Å². The van der Waals surface area contributed by atoms with Gasteiger partial charge in [0.15, 0.2) is 11.5 Å². The van der Waals surface area contributed by atoms with E-state index in [1.807, 2.05) is 29.2 Å². The van der Waals surface area contributed by atoms with Crippen molar-refractivity contribution >= 4 is 23.3 Å². The van der Waals surface area contributed by atoms with E-state index < -0.39 is 0 Å². The highest BCUT2D eigenvalue weighted by molar-refractivity contribution is 7.12. The molecule has 1 N–H and O–H groups in total. The van der Waals surface area contributed by atoms with E-state index in [1.54, 1.807) is 38.7 Å². The molecule has 7 heteroatoms. The van der Waals surface area contributed by atoms with Crippen molar-refractivity contribution in [2.75, 3.05) is 47.5 Å². The highest BCUT2D eigenvalue weighted by atomic mass is 32.1. The Labute approximate surface area is 176 Å². The number of nitrogens with one attached hydrogen (secondary N) is 1. The van der Waals surface area contributed by atoms with Gasteiger partial charge in [0.25, 0.3) is 0 Å². The van der Waals surface area contributed by atoms with Crippen molar-refractivity contribution in [2.45, 2.75) is 13.5 Å². The van der Waals surface area contributed by atoms with Gasteiger partial charge >= 0.3 is 0 Å². The van der Waals surface area contributed by atoms with Gasteiger partial charge in [0.05, 0.1) is 53.1 Å². The molecular weight excluding hydrogens is 388 g/mol. The van der Waals surface area contributed by atoms with Gasteiger partial charge in [-0.05, 0) is 37.3 Å². The summed E-state index contributed by atoms with van der Waals surface area (Å²) in [5.74, 6) is 2.08. The SMILES string of the molecule is COc1ccc(C[NH+]2CCN(C(=O)/C=C/c3ccc(C)s3)CC2)c(OC)c1OC. The number of ether oxygens (including phenoxy) is 3. The Balaban J connectivity index is 1.58. The van der Waals surface area contributed by atoms with Crippen LogP contribution in [0.25, 0.3) is 6.08 Å². The van der Waals surface area contributed by atoms with E-state index in [2.05, 4.69) is 13.0 Å². The Bertz CT molecular complexity index is 870. The monoisotopic (exact) mass is 417 g/mol. The number of aryl methyl sites for hydroxylation is 1. The van der Waals surface area contributed by atoms with Crippen LogP contribution in [0.2, 0.25) is 0 Å². The Morgan fingerprint density at radius 1 is 1.07 bits per heavy atom. The Hall–Kier alpha value is -2.51. The number of thiophene rings is 1. The van der Waals surface area contributed by atoms with Crippen molar-refractivity contribution in [1.82, 2.24) is 4.90 Å². The van der Waals surface area contributed by atoms with Crippen LogP contribution in [0.1, 0.15) is 15.3 Å². The summed E-state index contributed by atoms with van der Waals surface area (Å²) in [6.45, 7) is 6.18. The van der Waals surface area contributed by atoms with Gasteiger partial charge in [-0.25, -0.2) is 0 Å². The van der Waals surface area contributed by atoms with Crippen LogP contribution < -0.4 is 19.1 Å². The van der Waals surface area contributed by atoms with Crippen molar-refractivity contribution < 1.29 is 23.9 Å². The van der Waals surface area contributed by atoms with Crippen molar-refractivity contribution in [1.29, 1.82) is 0 Å². The maximum atomic E-state index is 12.5. The lowest BCUT2D eigenvalue weighted by Gasteiger charge is -2.32. The van der Waals surface area contributed by atoms with Gasteiger partial charge in [0.1, 0.15) is 6.54 Å². The van der Waals surface area contributed by atoms with Crippen molar-refractivity contribution in [3.63, 3.8) is 0 Å². The number of rotatable bonds is 7. The molecule has 1 aromatic heterocycles. The predicted octanol–water partition coefficient (Wildman–Crippen LogP) is 2.02. The number of benzene rings is 1. The molecule has 0 atom stereocenters. The normalized spacial score (nSPS) is 15.0. The van der Waals surface area contributed by atoms with Crippen LogP contribution >= 0.6 is 11.3 Å². The molecule has 1 amide bonds. The molecule has 29 heavy (non-hydrogen) atoms. The maximum absolute atomic E-state index is 12.5. The van der Waals surface area contributed by atoms with E-state index in [1.165, 1.54) is 9.78 Å². The number of methoxy groups -OCH3 is 3. The molecule has 2 aromatic rings. The lowest BCUT2D eigenvalue weighted by Crippen LogP contribution is -3.13. The zero-order valence-corrected chi connectivity index (χ0v) is 18.3. The second-order valence-corrected chi connectivity index (χ2v) is 8.35. The molecule has 2 heterocycles. The summed E-state index contributed by atoms with van der Waals surface area (Å²) in [5, 5.41) is 0. The molecule has 156 valence electrons. The number of hydrogen-bond acceptors (Lipinski definition) is 5. The maximum Gasteiger partial charge on any atom is 0.247 e. The smallest absolute Gasteiger partial charge is 0.247 e. The van der Waals surface area contributed by atoms with Gasteiger partial charge in [0, 0.05) is 15.8 Å². The van der Waals surface area contributed by atoms with Gasteiger partial charge in [-0.15, -0.1) is 11.3 Å². The zero-order chi connectivity index (χ0) is 20.8. The molecule has 1 fully saturated rings. The highest BCUT2D eigenvalue weighted by Gasteiger charge is 2.25. The van der Waals surface area contributed by atoms with Gasteiger partial charge in [-0.3, -0.25) is 4.79 Å². The third kappa shape index (κ3) is 5.10. The molecule has 6 nitrogen and oxygen atoms in total. The Kier molecular flexibility index (Phi) is 7.17. The lowest BCUT2D eigenvalue weighted by molar-refractivity contribution is -0.917. The number of carbonyl (C=O) groups excluding carboxylic acids is 1. The van der Waals surface area contributed by atoms with Crippen LogP contribution in [0.4, 0.5) is 0 Å². The third-order valence-corrected chi connectivity index (χ3v) is 6.13. The lowest BCUT2D eigenvalue weighted by atomic mass is 10.1. The Morgan fingerprint density at radius 2 is 1.79 bits per heavy atom. The average molecular weight is 418 g/mol. The summed E-state index contributed by atoms with van der Waals surface area (Å²) in [6, 6.07) is 8.05. The fraction of sp³-hybridized carbons (Fsp3) is 0.409. The summed E-state index contributed by atoms with van der Waals surface area (Å²) in [7, 11) is 4.88. The summed E-state index contributed by atoms with van der Waals surface area (Å²) in [6.07, 6.45) is 3.60. The molecule has 0 aliphatic carbocycles. The van der Waals surface area contributed by atoms with Crippen LogP contribution in [0.5, 0.6) is 17.2 Å². The standard InChI is InChI=1S/C22H28N2O4S/c1-16-5-7-18(29-16)8-10-20(25)24-13-11-23(12-14-24)15-17-6-9-19(26-2)22(28-4)21(17)27-3/h5-10H,11-15H2,1-4H3/p+1/b10-8+. The second-order valence-electron chi connectivity index (χ2n) is 7.03. The molecule has 0 unspecified atom stereocenters. The number of piperazine rings is 1.